The van der Waals surface area contributed by atoms with Gasteiger partial charge in [0.15, 0.2) is 0 Å². The Morgan fingerprint density at radius 1 is 1.44 bits per heavy atom. The van der Waals surface area contributed by atoms with Gasteiger partial charge in [-0.3, -0.25) is 4.90 Å². The summed E-state index contributed by atoms with van der Waals surface area (Å²) in [6, 6.07) is 0. The molecular weight excluding hydrogens is 196 g/mol. The SMILES string of the molecule is CCC(C)CN(C)C1(CN)CC2CCC1C2. The van der Waals surface area contributed by atoms with E-state index in [-0.39, 0.29) is 0 Å². The van der Waals surface area contributed by atoms with Gasteiger partial charge in [-0.25, -0.2) is 0 Å². The number of nitrogens with zero attached hydrogens (tertiary/aromatic N) is 1. The first-order chi connectivity index (χ1) is 7.62. The molecule has 0 spiro atoms. The maximum absolute atomic E-state index is 6.13. The fourth-order valence-corrected chi connectivity index (χ4v) is 4.07. The van der Waals surface area contributed by atoms with Crippen LogP contribution in [-0.2, 0) is 0 Å². The van der Waals surface area contributed by atoms with Crippen molar-refractivity contribution in [2.45, 2.75) is 51.5 Å². The van der Waals surface area contributed by atoms with E-state index in [1.807, 2.05) is 0 Å². The molecule has 4 unspecified atom stereocenters. The van der Waals surface area contributed by atoms with Crippen LogP contribution in [0.15, 0.2) is 0 Å². The third-order valence-electron chi connectivity index (χ3n) is 5.34. The zero-order valence-electron chi connectivity index (χ0n) is 11.2. The van der Waals surface area contributed by atoms with Crippen LogP contribution in [0, 0.1) is 17.8 Å². The summed E-state index contributed by atoms with van der Waals surface area (Å²) >= 11 is 0. The Morgan fingerprint density at radius 2 is 2.19 bits per heavy atom. The lowest BCUT2D eigenvalue weighted by Gasteiger charge is -2.45. The number of rotatable bonds is 5. The lowest BCUT2D eigenvalue weighted by molar-refractivity contribution is 0.0535. The van der Waals surface area contributed by atoms with E-state index in [1.165, 1.54) is 38.6 Å². The molecule has 0 amide bonds. The number of hydrogen-bond donors (Lipinski definition) is 1. The van der Waals surface area contributed by atoms with Crippen molar-refractivity contribution in [2.75, 3.05) is 20.1 Å². The Balaban J connectivity index is 2.04. The van der Waals surface area contributed by atoms with E-state index in [4.69, 9.17) is 5.73 Å². The molecule has 94 valence electrons. The number of fused-ring (bicyclic) bond motifs is 2. The van der Waals surface area contributed by atoms with Gasteiger partial charge in [-0.1, -0.05) is 26.7 Å². The maximum atomic E-state index is 6.13. The molecule has 2 saturated carbocycles. The molecule has 2 rings (SSSR count). The Hall–Kier alpha value is -0.0800. The van der Waals surface area contributed by atoms with Gasteiger partial charge in [0.25, 0.3) is 0 Å². The van der Waals surface area contributed by atoms with E-state index in [0.29, 0.717) is 5.54 Å². The van der Waals surface area contributed by atoms with Gasteiger partial charge in [0.1, 0.15) is 0 Å². The minimum atomic E-state index is 0.354. The summed E-state index contributed by atoms with van der Waals surface area (Å²) in [6.45, 7) is 6.72. The van der Waals surface area contributed by atoms with E-state index in [9.17, 15) is 0 Å². The molecule has 16 heavy (non-hydrogen) atoms. The van der Waals surface area contributed by atoms with Crippen LogP contribution in [0.2, 0.25) is 0 Å². The van der Waals surface area contributed by atoms with Crippen molar-refractivity contribution in [1.29, 1.82) is 0 Å². The van der Waals surface area contributed by atoms with Crippen molar-refractivity contribution in [3.63, 3.8) is 0 Å². The molecule has 2 aliphatic carbocycles. The fraction of sp³-hybridized carbons (Fsp3) is 1.00. The van der Waals surface area contributed by atoms with Crippen LogP contribution in [-0.4, -0.2) is 30.6 Å². The van der Waals surface area contributed by atoms with Crippen LogP contribution < -0.4 is 5.73 Å². The summed E-state index contributed by atoms with van der Waals surface area (Å²) in [6.07, 6.45) is 6.97. The second-order valence-electron chi connectivity index (χ2n) is 6.28. The molecule has 0 heterocycles. The Bertz CT molecular complexity index is 241. The van der Waals surface area contributed by atoms with Gasteiger partial charge < -0.3 is 5.73 Å². The van der Waals surface area contributed by atoms with Gasteiger partial charge in [0.2, 0.25) is 0 Å². The van der Waals surface area contributed by atoms with Gasteiger partial charge in [0.05, 0.1) is 0 Å². The first kappa shape index (κ1) is 12.4. The Kier molecular flexibility index (Phi) is 3.60. The highest BCUT2D eigenvalue weighted by molar-refractivity contribution is 5.07. The molecule has 2 aliphatic rings. The average molecular weight is 224 g/mol. The second kappa shape index (κ2) is 4.66. The fourth-order valence-electron chi connectivity index (χ4n) is 4.07. The summed E-state index contributed by atoms with van der Waals surface area (Å²) in [4.78, 5) is 2.60. The molecule has 2 fully saturated rings. The van der Waals surface area contributed by atoms with E-state index >= 15 is 0 Å². The van der Waals surface area contributed by atoms with Gasteiger partial charge in [-0.2, -0.15) is 0 Å². The van der Waals surface area contributed by atoms with Crippen LogP contribution in [0.1, 0.15) is 46.0 Å². The van der Waals surface area contributed by atoms with Gasteiger partial charge in [0, 0.05) is 18.6 Å². The highest BCUT2D eigenvalue weighted by Crippen LogP contribution is 2.52. The molecule has 2 heteroatoms. The summed E-state index contributed by atoms with van der Waals surface area (Å²) in [5.41, 5.74) is 6.49. The molecular formula is C14H28N2. The van der Waals surface area contributed by atoms with Crippen molar-refractivity contribution in [2.24, 2.45) is 23.5 Å². The number of likely N-dealkylation sites (N-methyl/N-ethyl adjacent to an activating group) is 1. The van der Waals surface area contributed by atoms with Crippen LogP contribution in [0.4, 0.5) is 0 Å². The maximum Gasteiger partial charge on any atom is 0.0359 e. The Morgan fingerprint density at radius 3 is 2.62 bits per heavy atom. The number of nitrogens with two attached hydrogens (primary N) is 1. The third-order valence-corrected chi connectivity index (χ3v) is 5.34. The molecule has 0 aromatic heterocycles. The highest BCUT2D eigenvalue weighted by atomic mass is 15.2. The topological polar surface area (TPSA) is 29.3 Å². The lowest BCUT2D eigenvalue weighted by Crippen LogP contribution is -2.56. The normalized spacial score (nSPS) is 39.6. The lowest BCUT2D eigenvalue weighted by atomic mass is 9.79. The largest absolute Gasteiger partial charge is 0.329 e. The molecule has 0 aromatic carbocycles. The van der Waals surface area contributed by atoms with Crippen molar-refractivity contribution in [3.05, 3.63) is 0 Å². The summed E-state index contributed by atoms with van der Waals surface area (Å²) in [5, 5.41) is 0. The third kappa shape index (κ3) is 1.91. The summed E-state index contributed by atoms with van der Waals surface area (Å²) in [7, 11) is 2.31. The van der Waals surface area contributed by atoms with Gasteiger partial charge in [-0.05, 0) is 44.1 Å². The molecule has 4 atom stereocenters. The van der Waals surface area contributed by atoms with Crippen LogP contribution in [0.3, 0.4) is 0 Å². The van der Waals surface area contributed by atoms with Crippen LogP contribution in [0.25, 0.3) is 0 Å². The van der Waals surface area contributed by atoms with Gasteiger partial charge in [-0.15, -0.1) is 0 Å². The monoisotopic (exact) mass is 224 g/mol. The average Bonchev–Trinajstić information content (AvgIpc) is 2.88. The van der Waals surface area contributed by atoms with Gasteiger partial charge >= 0.3 is 0 Å². The van der Waals surface area contributed by atoms with Crippen LogP contribution in [0.5, 0.6) is 0 Å². The first-order valence-electron chi connectivity index (χ1n) is 7.03. The second-order valence-corrected chi connectivity index (χ2v) is 6.28. The van der Waals surface area contributed by atoms with Crippen molar-refractivity contribution >= 4 is 0 Å². The predicted molar refractivity (Wildman–Crippen MR) is 69.3 cm³/mol. The van der Waals surface area contributed by atoms with E-state index in [0.717, 1.165) is 24.3 Å². The van der Waals surface area contributed by atoms with E-state index < -0.39 is 0 Å². The molecule has 0 aliphatic heterocycles. The highest BCUT2D eigenvalue weighted by Gasteiger charge is 2.52. The zero-order valence-corrected chi connectivity index (χ0v) is 11.2. The smallest absolute Gasteiger partial charge is 0.0359 e. The first-order valence-corrected chi connectivity index (χ1v) is 7.03. The van der Waals surface area contributed by atoms with E-state index in [1.54, 1.807) is 0 Å². The van der Waals surface area contributed by atoms with Crippen molar-refractivity contribution < 1.29 is 0 Å². The standard InChI is InChI=1S/C14H28N2/c1-4-11(2)9-16(3)14(10-15)8-12-5-6-13(14)7-12/h11-13H,4-10,15H2,1-3H3. The predicted octanol–water partition coefficient (Wildman–Crippen LogP) is 2.48. The summed E-state index contributed by atoms with van der Waals surface area (Å²) < 4.78 is 0. The number of hydrogen-bond acceptors (Lipinski definition) is 2. The Labute approximate surface area is 101 Å². The molecule has 2 bridgehead atoms. The molecule has 0 radical (unpaired) electrons. The van der Waals surface area contributed by atoms with Crippen molar-refractivity contribution in [3.8, 4) is 0 Å². The molecule has 2 N–H and O–H groups in total. The quantitative estimate of drug-likeness (QED) is 0.777. The minimum absolute atomic E-state index is 0.354. The molecule has 0 aromatic rings. The molecule has 0 saturated heterocycles. The van der Waals surface area contributed by atoms with Crippen molar-refractivity contribution in [1.82, 2.24) is 4.90 Å². The summed E-state index contributed by atoms with van der Waals surface area (Å²) in [5.74, 6) is 2.66. The van der Waals surface area contributed by atoms with Crippen LogP contribution >= 0.6 is 0 Å². The molecule has 2 nitrogen and oxygen atoms in total. The zero-order chi connectivity index (χ0) is 11.8. The van der Waals surface area contributed by atoms with E-state index in [2.05, 4.69) is 25.8 Å². The minimum Gasteiger partial charge on any atom is -0.329 e.